The van der Waals surface area contributed by atoms with Gasteiger partial charge in [0.2, 0.25) is 0 Å². The minimum atomic E-state index is -0.228. The molecular weight excluding hydrogens is 355 g/mol. The summed E-state index contributed by atoms with van der Waals surface area (Å²) in [5.74, 6) is 0.975. The largest absolute Gasteiger partial charge is 0.484 e. The second-order valence-electron chi connectivity index (χ2n) is 4.01. The zero-order valence-electron chi connectivity index (χ0n) is 10.4. The van der Waals surface area contributed by atoms with Crippen LogP contribution in [0.25, 0.3) is 0 Å². The average Bonchev–Trinajstić information content (AvgIpc) is 2.41. The number of pyridine rings is 1. The number of carbonyl (C=O) groups is 1. The molecule has 0 bridgehead atoms. The smallest absolute Gasteiger partial charge is 0.263 e. The molecule has 98 valence electrons. The number of aromatic nitrogens is 1. The number of hydrogen-bond acceptors (Lipinski definition) is 3. The summed E-state index contributed by atoms with van der Waals surface area (Å²) in [4.78, 5) is 15.7. The molecule has 2 rings (SSSR count). The van der Waals surface area contributed by atoms with E-state index in [9.17, 15) is 4.79 Å². The van der Waals surface area contributed by atoms with Crippen LogP contribution in [0.5, 0.6) is 5.75 Å². The van der Waals surface area contributed by atoms with Crippen molar-refractivity contribution in [1.82, 2.24) is 4.98 Å². The fraction of sp³-hybridized carbons (Fsp3) is 0.143. The number of hydrogen-bond donors (Lipinski definition) is 1. The third-order valence-electron chi connectivity index (χ3n) is 2.39. The number of rotatable bonds is 4. The molecule has 1 aromatic carbocycles. The lowest BCUT2D eigenvalue weighted by molar-refractivity contribution is -0.118. The van der Waals surface area contributed by atoms with Gasteiger partial charge in [0.05, 0.1) is 0 Å². The predicted octanol–water partition coefficient (Wildman–Crippen LogP) is 3.01. The molecule has 0 aliphatic carbocycles. The first-order valence-corrected chi connectivity index (χ1v) is 6.82. The lowest BCUT2D eigenvalue weighted by atomic mass is 10.2. The maximum Gasteiger partial charge on any atom is 0.263 e. The van der Waals surface area contributed by atoms with Gasteiger partial charge in [-0.2, -0.15) is 0 Å². The van der Waals surface area contributed by atoms with E-state index in [4.69, 9.17) is 4.74 Å². The maximum atomic E-state index is 11.7. The zero-order valence-corrected chi connectivity index (χ0v) is 12.5. The molecule has 0 atom stereocenters. The molecule has 0 fully saturated rings. The molecule has 0 saturated carbocycles. The molecule has 1 N–H and O–H groups in total. The minimum absolute atomic E-state index is 0.0310. The van der Waals surface area contributed by atoms with Crippen LogP contribution < -0.4 is 10.1 Å². The maximum absolute atomic E-state index is 11.7. The first kappa shape index (κ1) is 13.8. The molecule has 0 aliphatic rings. The van der Waals surface area contributed by atoms with Crippen molar-refractivity contribution in [2.45, 2.75) is 6.92 Å². The van der Waals surface area contributed by atoms with Crippen molar-refractivity contribution in [3.63, 3.8) is 0 Å². The van der Waals surface area contributed by atoms with Gasteiger partial charge >= 0.3 is 0 Å². The highest BCUT2D eigenvalue weighted by Gasteiger charge is 2.04. The summed E-state index contributed by atoms with van der Waals surface area (Å²) in [7, 11) is 0. The number of halogens is 1. The predicted molar refractivity (Wildman–Crippen MR) is 82.3 cm³/mol. The molecule has 5 heteroatoms. The highest BCUT2D eigenvalue weighted by molar-refractivity contribution is 14.1. The second-order valence-corrected chi connectivity index (χ2v) is 5.26. The third kappa shape index (κ3) is 4.51. The van der Waals surface area contributed by atoms with E-state index in [-0.39, 0.29) is 12.5 Å². The van der Waals surface area contributed by atoms with Gasteiger partial charge in [0, 0.05) is 9.77 Å². The van der Waals surface area contributed by atoms with Crippen LogP contribution in [-0.2, 0) is 4.79 Å². The van der Waals surface area contributed by atoms with E-state index in [0.717, 1.165) is 9.13 Å². The van der Waals surface area contributed by atoms with Crippen molar-refractivity contribution in [2.24, 2.45) is 0 Å². The van der Waals surface area contributed by atoms with Gasteiger partial charge in [-0.05, 0) is 53.8 Å². The van der Waals surface area contributed by atoms with Crippen LogP contribution in [0.1, 0.15) is 5.56 Å². The Kier molecular flexibility index (Phi) is 4.73. The number of ether oxygens (including phenoxy) is 1. The van der Waals surface area contributed by atoms with Crippen LogP contribution in [0, 0.1) is 10.5 Å². The molecule has 0 saturated heterocycles. The Morgan fingerprint density at radius 3 is 2.63 bits per heavy atom. The van der Waals surface area contributed by atoms with Gasteiger partial charge < -0.3 is 10.1 Å². The van der Waals surface area contributed by atoms with Gasteiger partial charge in [0.15, 0.2) is 6.61 Å². The van der Waals surface area contributed by atoms with Crippen molar-refractivity contribution < 1.29 is 9.53 Å². The van der Waals surface area contributed by atoms with Crippen LogP contribution in [0.15, 0.2) is 42.6 Å². The molecular formula is C14H13IN2O2. The van der Waals surface area contributed by atoms with Crippen molar-refractivity contribution in [2.75, 3.05) is 11.9 Å². The highest BCUT2D eigenvalue weighted by atomic mass is 127. The van der Waals surface area contributed by atoms with Gasteiger partial charge in [-0.3, -0.25) is 4.79 Å². The van der Waals surface area contributed by atoms with E-state index in [1.807, 2.05) is 37.3 Å². The van der Waals surface area contributed by atoms with Gasteiger partial charge in [-0.1, -0.05) is 17.7 Å². The Labute approximate surface area is 125 Å². The van der Waals surface area contributed by atoms with Crippen LogP contribution in [-0.4, -0.2) is 17.5 Å². The molecule has 2 aromatic rings. The molecule has 0 radical (unpaired) electrons. The first-order valence-electron chi connectivity index (χ1n) is 5.74. The van der Waals surface area contributed by atoms with Gasteiger partial charge in [-0.15, -0.1) is 0 Å². The molecule has 1 amide bonds. The standard InChI is InChI=1S/C14H13IN2O2/c1-10-2-5-12(6-3-10)19-9-14(18)17-13-7-4-11(15)8-16-13/h2-8H,9H2,1H3,(H,16,17,18). The van der Waals surface area contributed by atoms with Crippen molar-refractivity contribution in [3.8, 4) is 5.75 Å². The van der Waals surface area contributed by atoms with Crippen molar-refractivity contribution in [3.05, 3.63) is 51.7 Å². The van der Waals surface area contributed by atoms with E-state index in [1.54, 1.807) is 12.3 Å². The van der Waals surface area contributed by atoms with Crippen molar-refractivity contribution in [1.29, 1.82) is 0 Å². The van der Waals surface area contributed by atoms with Gasteiger partial charge in [0.1, 0.15) is 11.6 Å². The van der Waals surface area contributed by atoms with Crippen LogP contribution in [0.2, 0.25) is 0 Å². The summed E-state index contributed by atoms with van der Waals surface area (Å²) in [6, 6.07) is 11.2. The number of nitrogens with one attached hydrogen (secondary N) is 1. The number of benzene rings is 1. The molecule has 1 heterocycles. The molecule has 0 spiro atoms. The van der Waals surface area contributed by atoms with E-state index in [0.29, 0.717) is 11.6 Å². The summed E-state index contributed by atoms with van der Waals surface area (Å²) < 4.78 is 6.40. The summed E-state index contributed by atoms with van der Waals surface area (Å²) in [6.45, 7) is 1.97. The summed E-state index contributed by atoms with van der Waals surface area (Å²) in [5.41, 5.74) is 1.15. The lowest BCUT2D eigenvalue weighted by Gasteiger charge is -2.07. The Bertz CT molecular complexity index is 553. The Morgan fingerprint density at radius 2 is 2.00 bits per heavy atom. The van der Waals surface area contributed by atoms with E-state index >= 15 is 0 Å². The fourth-order valence-corrected chi connectivity index (χ4v) is 1.73. The van der Waals surface area contributed by atoms with E-state index < -0.39 is 0 Å². The monoisotopic (exact) mass is 368 g/mol. The Morgan fingerprint density at radius 1 is 1.26 bits per heavy atom. The fourth-order valence-electron chi connectivity index (χ4n) is 1.41. The van der Waals surface area contributed by atoms with Crippen LogP contribution >= 0.6 is 22.6 Å². The molecule has 0 unspecified atom stereocenters. The quantitative estimate of drug-likeness (QED) is 0.845. The summed E-state index contributed by atoms with van der Waals surface area (Å²) in [5, 5.41) is 2.67. The van der Waals surface area contributed by atoms with Crippen molar-refractivity contribution >= 4 is 34.3 Å². The normalized spacial score (nSPS) is 10.0. The number of aryl methyl sites for hydroxylation is 1. The van der Waals surface area contributed by atoms with Crippen LogP contribution in [0.4, 0.5) is 5.82 Å². The molecule has 19 heavy (non-hydrogen) atoms. The number of carbonyl (C=O) groups excluding carboxylic acids is 1. The van der Waals surface area contributed by atoms with Gasteiger partial charge in [-0.25, -0.2) is 4.98 Å². The van der Waals surface area contributed by atoms with Crippen LogP contribution in [0.3, 0.4) is 0 Å². The minimum Gasteiger partial charge on any atom is -0.484 e. The average molecular weight is 368 g/mol. The summed E-state index contributed by atoms with van der Waals surface area (Å²) in [6.07, 6.45) is 1.69. The Balaban J connectivity index is 1.84. The Hall–Kier alpha value is -1.63. The number of anilines is 1. The third-order valence-corrected chi connectivity index (χ3v) is 3.02. The first-order chi connectivity index (χ1) is 9.13. The number of nitrogens with zero attached hydrogens (tertiary/aromatic N) is 1. The SMILES string of the molecule is Cc1ccc(OCC(=O)Nc2ccc(I)cn2)cc1. The summed E-state index contributed by atoms with van der Waals surface area (Å²) >= 11 is 2.16. The highest BCUT2D eigenvalue weighted by Crippen LogP contribution is 2.11. The second kappa shape index (κ2) is 6.51. The van der Waals surface area contributed by atoms with E-state index in [2.05, 4.69) is 32.9 Å². The molecule has 0 aliphatic heterocycles. The number of amides is 1. The molecule has 1 aromatic heterocycles. The topological polar surface area (TPSA) is 51.2 Å². The van der Waals surface area contributed by atoms with Gasteiger partial charge in [0.25, 0.3) is 5.91 Å². The molecule has 4 nitrogen and oxygen atoms in total. The zero-order chi connectivity index (χ0) is 13.7. The van der Waals surface area contributed by atoms with E-state index in [1.165, 1.54) is 0 Å². The lowest BCUT2D eigenvalue weighted by Crippen LogP contribution is -2.20.